The quantitative estimate of drug-likeness (QED) is 0.567. The molecule has 0 saturated heterocycles. The molecule has 5 heteroatoms. The molecule has 0 aliphatic rings. The molecular weight excluding hydrogens is 188 g/mol. The van der Waals surface area contributed by atoms with E-state index in [2.05, 4.69) is 5.18 Å². The number of amides is 1. The Balaban J connectivity index is 3.00. The predicted molar refractivity (Wildman–Crippen MR) is 52.5 cm³/mol. The maximum absolute atomic E-state index is 10.8. The molecule has 13 heavy (non-hydrogen) atoms. The van der Waals surface area contributed by atoms with Crippen molar-refractivity contribution in [2.45, 2.75) is 0 Å². The molecule has 0 saturated carbocycles. The summed E-state index contributed by atoms with van der Waals surface area (Å²) in [4.78, 5) is 20.9. The van der Waals surface area contributed by atoms with Crippen LogP contribution >= 0.6 is 12.2 Å². The smallest absolute Gasteiger partial charge is 0.316 e. The van der Waals surface area contributed by atoms with Gasteiger partial charge < -0.3 is 5.73 Å². The van der Waals surface area contributed by atoms with Gasteiger partial charge in [-0.25, -0.2) is 0 Å². The van der Waals surface area contributed by atoms with Crippen molar-refractivity contribution in [2.75, 3.05) is 0 Å². The molecule has 1 aromatic carbocycles. The molecule has 1 aromatic rings. The van der Waals surface area contributed by atoms with Gasteiger partial charge in [0.25, 0.3) is 0 Å². The molecule has 0 aliphatic carbocycles. The predicted octanol–water partition coefficient (Wildman–Crippen LogP) is 1.23. The van der Waals surface area contributed by atoms with Crippen molar-refractivity contribution in [1.82, 2.24) is 0 Å². The van der Waals surface area contributed by atoms with Crippen LogP contribution in [0.1, 0.15) is 15.9 Å². The zero-order chi connectivity index (χ0) is 9.84. The highest BCUT2D eigenvalue weighted by Gasteiger charge is 2.04. The Morgan fingerprint density at radius 1 is 1.23 bits per heavy atom. The Bertz CT molecular complexity index is 359. The van der Waals surface area contributed by atoms with E-state index in [-0.39, 0.29) is 10.6 Å². The third-order valence-electron chi connectivity index (χ3n) is 1.50. The molecule has 0 spiro atoms. The number of rotatable bonds is 2. The van der Waals surface area contributed by atoms with E-state index in [0.717, 1.165) is 0 Å². The van der Waals surface area contributed by atoms with Crippen LogP contribution in [0.15, 0.2) is 29.4 Å². The first-order valence-electron chi connectivity index (χ1n) is 3.42. The summed E-state index contributed by atoms with van der Waals surface area (Å²) in [5, 5.41) is 2.28. The molecule has 1 rings (SSSR count). The van der Waals surface area contributed by atoms with Gasteiger partial charge in [0.1, 0.15) is 4.99 Å². The van der Waals surface area contributed by atoms with E-state index in [1.54, 1.807) is 12.1 Å². The first-order chi connectivity index (χ1) is 6.15. The summed E-state index contributed by atoms with van der Waals surface area (Å²) in [5.74, 6) is -0.797. The minimum Gasteiger partial charge on any atom is -0.389 e. The largest absolute Gasteiger partial charge is 0.389 e. The summed E-state index contributed by atoms with van der Waals surface area (Å²) < 4.78 is 0. The van der Waals surface area contributed by atoms with Crippen LogP contribution in [-0.4, -0.2) is 10.9 Å². The summed E-state index contributed by atoms with van der Waals surface area (Å²) in [6, 6.07) is 6.05. The number of hydrogen-bond donors (Lipinski definition) is 1. The number of nitrogens with zero attached hydrogens (tertiary/aromatic N) is 1. The van der Waals surface area contributed by atoms with Gasteiger partial charge in [-0.3, -0.25) is 4.79 Å². The minimum atomic E-state index is -0.797. The van der Waals surface area contributed by atoms with E-state index in [1.165, 1.54) is 12.1 Å². The third-order valence-corrected chi connectivity index (χ3v) is 1.73. The second-order valence-electron chi connectivity index (χ2n) is 2.34. The van der Waals surface area contributed by atoms with Crippen molar-refractivity contribution in [3.05, 3.63) is 40.3 Å². The number of nitroso groups, excluding NO2 is 1. The molecule has 0 bridgehead atoms. The SMILES string of the molecule is NC(=S)c1ccc(C(=O)N=O)cc1. The fraction of sp³-hybridized carbons (Fsp3) is 0. The van der Waals surface area contributed by atoms with Crippen LogP contribution in [0.3, 0.4) is 0 Å². The normalized spacial score (nSPS) is 9.23. The van der Waals surface area contributed by atoms with Crippen LogP contribution in [0.2, 0.25) is 0 Å². The molecule has 0 unspecified atom stereocenters. The zero-order valence-electron chi connectivity index (χ0n) is 6.56. The highest BCUT2D eigenvalue weighted by Crippen LogP contribution is 2.05. The minimum absolute atomic E-state index is 0.231. The molecule has 66 valence electrons. The van der Waals surface area contributed by atoms with Gasteiger partial charge in [0, 0.05) is 16.3 Å². The second-order valence-corrected chi connectivity index (χ2v) is 2.78. The van der Waals surface area contributed by atoms with Crippen molar-refractivity contribution >= 4 is 23.1 Å². The molecule has 0 radical (unpaired) electrons. The third kappa shape index (κ3) is 2.16. The molecule has 0 heterocycles. The van der Waals surface area contributed by atoms with Crippen molar-refractivity contribution in [3.63, 3.8) is 0 Å². The summed E-state index contributed by atoms with van der Waals surface area (Å²) in [7, 11) is 0. The Morgan fingerprint density at radius 3 is 2.08 bits per heavy atom. The summed E-state index contributed by atoms with van der Waals surface area (Å²) >= 11 is 4.71. The van der Waals surface area contributed by atoms with E-state index in [0.29, 0.717) is 5.56 Å². The monoisotopic (exact) mass is 194 g/mol. The van der Waals surface area contributed by atoms with Gasteiger partial charge in [0.05, 0.1) is 0 Å². The topological polar surface area (TPSA) is 72.5 Å². The van der Waals surface area contributed by atoms with E-state index in [4.69, 9.17) is 18.0 Å². The summed E-state index contributed by atoms with van der Waals surface area (Å²) in [6.07, 6.45) is 0. The van der Waals surface area contributed by atoms with Gasteiger partial charge in [-0.2, -0.15) is 0 Å². The van der Waals surface area contributed by atoms with Gasteiger partial charge in [0.15, 0.2) is 0 Å². The number of nitrogens with two attached hydrogens (primary N) is 1. The number of thiocarbonyl (C=S) groups is 1. The van der Waals surface area contributed by atoms with Crippen LogP contribution < -0.4 is 5.73 Å². The number of carbonyl (C=O) groups excluding carboxylic acids is 1. The highest BCUT2D eigenvalue weighted by molar-refractivity contribution is 7.80. The van der Waals surface area contributed by atoms with Crippen molar-refractivity contribution in [1.29, 1.82) is 0 Å². The standard InChI is InChI=1S/C8H6N2O2S/c9-7(13)5-1-3-6(4-2-5)8(11)10-12/h1-4H,(H2,9,13). The van der Waals surface area contributed by atoms with Gasteiger partial charge in [-0.15, -0.1) is 4.91 Å². The molecule has 0 aliphatic heterocycles. The van der Waals surface area contributed by atoms with Gasteiger partial charge in [-0.05, 0) is 12.1 Å². The summed E-state index contributed by atoms with van der Waals surface area (Å²) in [6.45, 7) is 0. The van der Waals surface area contributed by atoms with Crippen LogP contribution in [0, 0.1) is 4.91 Å². The lowest BCUT2D eigenvalue weighted by atomic mass is 10.1. The first-order valence-corrected chi connectivity index (χ1v) is 3.83. The molecule has 0 aromatic heterocycles. The Labute approximate surface area is 79.7 Å². The van der Waals surface area contributed by atoms with Crippen molar-refractivity contribution in [3.8, 4) is 0 Å². The lowest BCUT2D eigenvalue weighted by molar-refractivity contribution is 0.100. The second kappa shape index (κ2) is 3.86. The number of hydrogen-bond acceptors (Lipinski definition) is 3. The molecule has 4 nitrogen and oxygen atoms in total. The van der Waals surface area contributed by atoms with Gasteiger partial charge >= 0.3 is 5.91 Å². The van der Waals surface area contributed by atoms with Crippen LogP contribution in [0.5, 0.6) is 0 Å². The fourth-order valence-corrected chi connectivity index (χ4v) is 0.966. The van der Waals surface area contributed by atoms with Crippen LogP contribution in [0.25, 0.3) is 0 Å². The lowest BCUT2D eigenvalue weighted by Gasteiger charge is -1.97. The average Bonchev–Trinajstić information content (AvgIpc) is 2.17. The zero-order valence-corrected chi connectivity index (χ0v) is 7.38. The Morgan fingerprint density at radius 2 is 1.69 bits per heavy atom. The van der Waals surface area contributed by atoms with Gasteiger partial charge in [0.2, 0.25) is 0 Å². The van der Waals surface area contributed by atoms with E-state index in [1.807, 2.05) is 0 Å². The molecule has 2 N–H and O–H groups in total. The maximum atomic E-state index is 10.8. The van der Waals surface area contributed by atoms with Crippen molar-refractivity contribution < 1.29 is 4.79 Å². The summed E-state index contributed by atoms with van der Waals surface area (Å²) in [5.41, 5.74) is 6.22. The van der Waals surface area contributed by atoms with E-state index >= 15 is 0 Å². The van der Waals surface area contributed by atoms with E-state index in [9.17, 15) is 9.70 Å². The van der Waals surface area contributed by atoms with E-state index < -0.39 is 5.91 Å². The Hall–Kier alpha value is -1.62. The average molecular weight is 194 g/mol. The fourth-order valence-electron chi connectivity index (χ4n) is 0.830. The molecule has 1 amide bonds. The lowest BCUT2D eigenvalue weighted by Crippen LogP contribution is -2.09. The maximum Gasteiger partial charge on any atom is 0.316 e. The van der Waals surface area contributed by atoms with Crippen LogP contribution in [-0.2, 0) is 0 Å². The van der Waals surface area contributed by atoms with Crippen LogP contribution in [0.4, 0.5) is 0 Å². The Kier molecular flexibility index (Phi) is 2.81. The first kappa shape index (κ1) is 9.47. The van der Waals surface area contributed by atoms with Gasteiger partial charge in [-0.1, -0.05) is 24.4 Å². The number of benzene rings is 1. The molecular formula is C8H6N2O2S. The molecule has 0 fully saturated rings. The highest BCUT2D eigenvalue weighted by atomic mass is 32.1. The number of carbonyl (C=O) groups is 1. The van der Waals surface area contributed by atoms with Crippen molar-refractivity contribution in [2.24, 2.45) is 10.9 Å². The molecule has 0 atom stereocenters.